The molecule has 0 radical (unpaired) electrons. The summed E-state index contributed by atoms with van der Waals surface area (Å²) in [5, 5.41) is 8.93. The number of alkyl halides is 2. The van der Waals surface area contributed by atoms with Crippen LogP contribution >= 0.6 is 0 Å². The number of phenolic OH excluding ortho intramolecular Hbond substituents is 1. The number of benzene rings is 1. The molecular formula is C9H7F2NO. The Labute approximate surface area is 74.3 Å². The van der Waals surface area contributed by atoms with Gasteiger partial charge in [-0.25, -0.2) is 6.57 Å². The monoisotopic (exact) mass is 183 g/mol. The van der Waals surface area contributed by atoms with Crippen LogP contribution in [0.5, 0.6) is 5.75 Å². The zero-order valence-electron chi connectivity index (χ0n) is 6.67. The highest BCUT2D eigenvalue weighted by Crippen LogP contribution is 2.30. The highest BCUT2D eigenvalue weighted by molar-refractivity contribution is 5.30. The average molecular weight is 183 g/mol. The summed E-state index contributed by atoms with van der Waals surface area (Å²) in [6.45, 7) is 5.45. The molecule has 0 aromatic heterocycles. The largest absolute Gasteiger partial charge is 0.508 e. The third-order valence-electron chi connectivity index (χ3n) is 1.55. The summed E-state index contributed by atoms with van der Waals surface area (Å²) in [5.74, 6) is -3.40. The fourth-order valence-corrected chi connectivity index (χ4v) is 0.924. The first-order chi connectivity index (χ1) is 6.06. The maximum Gasteiger partial charge on any atom is 0.343 e. The molecule has 1 N–H and O–H groups in total. The van der Waals surface area contributed by atoms with Gasteiger partial charge in [-0.15, -0.1) is 0 Å². The van der Waals surface area contributed by atoms with E-state index in [-0.39, 0.29) is 11.3 Å². The molecule has 0 atom stereocenters. The topological polar surface area (TPSA) is 24.6 Å². The molecule has 4 heteroatoms. The van der Waals surface area contributed by atoms with Crippen molar-refractivity contribution in [3.8, 4) is 5.75 Å². The molecule has 0 unspecified atom stereocenters. The van der Waals surface area contributed by atoms with Crippen LogP contribution in [0, 0.1) is 6.57 Å². The number of phenols is 1. The Morgan fingerprint density at radius 3 is 2.69 bits per heavy atom. The van der Waals surface area contributed by atoms with Gasteiger partial charge in [-0.1, -0.05) is 12.1 Å². The summed E-state index contributed by atoms with van der Waals surface area (Å²) in [7, 11) is 0. The zero-order valence-corrected chi connectivity index (χ0v) is 6.67. The lowest BCUT2D eigenvalue weighted by Crippen LogP contribution is -2.16. The minimum Gasteiger partial charge on any atom is -0.508 e. The second kappa shape index (κ2) is 3.40. The van der Waals surface area contributed by atoms with Crippen LogP contribution < -0.4 is 0 Å². The Hall–Kier alpha value is -1.63. The van der Waals surface area contributed by atoms with Crippen molar-refractivity contribution in [2.24, 2.45) is 0 Å². The molecule has 1 rings (SSSR count). The molecular weight excluding hydrogens is 176 g/mol. The second-order valence-electron chi connectivity index (χ2n) is 2.57. The molecule has 0 amide bonds. The lowest BCUT2D eigenvalue weighted by atomic mass is 10.1. The normalized spacial score (nSPS) is 10.8. The molecule has 0 aliphatic heterocycles. The van der Waals surface area contributed by atoms with E-state index in [0.717, 1.165) is 6.07 Å². The van der Waals surface area contributed by atoms with Crippen LogP contribution in [0.15, 0.2) is 24.3 Å². The summed E-state index contributed by atoms with van der Waals surface area (Å²) in [6, 6.07) is 4.77. The molecule has 2 nitrogen and oxygen atoms in total. The lowest BCUT2D eigenvalue weighted by Gasteiger charge is -2.09. The van der Waals surface area contributed by atoms with Crippen molar-refractivity contribution in [1.82, 2.24) is 0 Å². The molecule has 0 heterocycles. The van der Waals surface area contributed by atoms with Gasteiger partial charge < -0.3 is 9.95 Å². The van der Waals surface area contributed by atoms with Crippen molar-refractivity contribution >= 4 is 0 Å². The molecule has 0 aliphatic rings. The smallest absolute Gasteiger partial charge is 0.343 e. The van der Waals surface area contributed by atoms with Gasteiger partial charge in [0.05, 0.1) is 0 Å². The molecule has 0 aliphatic carbocycles. The predicted octanol–water partition coefficient (Wildman–Crippen LogP) is 2.40. The van der Waals surface area contributed by atoms with Gasteiger partial charge in [-0.2, -0.15) is 8.78 Å². The Bertz CT molecular complexity index is 344. The zero-order chi connectivity index (χ0) is 9.90. The average Bonchev–Trinajstić information content (AvgIpc) is 2.04. The maximum atomic E-state index is 13.0. The molecule has 0 saturated carbocycles. The van der Waals surface area contributed by atoms with E-state index in [1.807, 2.05) is 0 Å². The first kappa shape index (κ1) is 9.46. The van der Waals surface area contributed by atoms with Crippen LogP contribution in [-0.4, -0.2) is 11.7 Å². The van der Waals surface area contributed by atoms with E-state index in [1.165, 1.54) is 18.2 Å². The number of nitrogens with zero attached hydrogens (tertiary/aromatic N) is 1. The Morgan fingerprint density at radius 1 is 1.46 bits per heavy atom. The Kier molecular flexibility index (Phi) is 2.47. The quantitative estimate of drug-likeness (QED) is 0.699. The Balaban J connectivity index is 3.01. The highest BCUT2D eigenvalue weighted by atomic mass is 19.3. The van der Waals surface area contributed by atoms with E-state index in [1.54, 1.807) is 0 Å². The minimum absolute atomic E-state index is 0.220. The summed E-state index contributed by atoms with van der Waals surface area (Å²) in [4.78, 5) is 2.63. The first-order valence-electron chi connectivity index (χ1n) is 3.57. The van der Waals surface area contributed by atoms with E-state index in [9.17, 15) is 8.78 Å². The van der Waals surface area contributed by atoms with E-state index in [4.69, 9.17) is 11.7 Å². The van der Waals surface area contributed by atoms with Gasteiger partial charge >= 0.3 is 5.92 Å². The third kappa shape index (κ3) is 2.15. The van der Waals surface area contributed by atoms with Crippen LogP contribution in [0.1, 0.15) is 5.56 Å². The fourth-order valence-electron chi connectivity index (χ4n) is 0.924. The maximum absolute atomic E-state index is 13.0. The predicted molar refractivity (Wildman–Crippen MR) is 43.5 cm³/mol. The second-order valence-corrected chi connectivity index (χ2v) is 2.57. The molecule has 1 aromatic rings. The number of halogens is 2. The van der Waals surface area contributed by atoms with Crippen LogP contribution in [0.3, 0.4) is 0 Å². The van der Waals surface area contributed by atoms with Crippen molar-refractivity contribution < 1.29 is 13.9 Å². The van der Waals surface area contributed by atoms with Crippen molar-refractivity contribution in [2.75, 3.05) is 6.54 Å². The van der Waals surface area contributed by atoms with Crippen LogP contribution in [0.4, 0.5) is 8.78 Å². The van der Waals surface area contributed by atoms with Crippen molar-refractivity contribution in [1.29, 1.82) is 0 Å². The molecule has 0 saturated heterocycles. The summed E-state index contributed by atoms with van der Waals surface area (Å²) >= 11 is 0. The van der Waals surface area contributed by atoms with Crippen molar-refractivity contribution in [3.05, 3.63) is 41.2 Å². The van der Waals surface area contributed by atoms with Gasteiger partial charge in [0.25, 0.3) is 6.54 Å². The number of hydrogen-bond donors (Lipinski definition) is 1. The number of hydrogen-bond acceptors (Lipinski definition) is 1. The van der Waals surface area contributed by atoms with Crippen LogP contribution in [-0.2, 0) is 5.92 Å². The fraction of sp³-hybridized carbons (Fsp3) is 0.222. The van der Waals surface area contributed by atoms with E-state index < -0.39 is 12.5 Å². The van der Waals surface area contributed by atoms with Gasteiger partial charge in [-0.05, 0) is 12.1 Å². The van der Waals surface area contributed by atoms with Gasteiger partial charge in [-0.3, -0.25) is 0 Å². The highest BCUT2D eigenvalue weighted by Gasteiger charge is 2.35. The summed E-state index contributed by atoms with van der Waals surface area (Å²) in [6.07, 6.45) is 0. The van der Waals surface area contributed by atoms with Crippen molar-refractivity contribution in [3.63, 3.8) is 0 Å². The van der Waals surface area contributed by atoms with Crippen LogP contribution in [0.2, 0.25) is 0 Å². The minimum atomic E-state index is -3.18. The van der Waals surface area contributed by atoms with E-state index in [2.05, 4.69) is 4.85 Å². The number of aromatic hydroxyl groups is 1. The molecule has 1 aromatic carbocycles. The summed E-state index contributed by atoms with van der Waals surface area (Å²) in [5.41, 5.74) is -0.330. The third-order valence-corrected chi connectivity index (χ3v) is 1.55. The molecule has 0 bridgehead atoms. The van der Waals surface area contributed by atoms with Crippen molar-refractivity contribution in [2.45, 2.75) is 5.92 Å². The molecule has 0 fully saturated rings. The van der Waals surface area contributed by atoms with E-state index >= 15 is 0 Å². The molecule has 68 valence electrons. The summed E-state index contributed by atoms with van der Waals surface area (Å²) < 4.78 is 26.0. The van der Waals surface area contributed by atoms with Gasteiger partial charge in [0, 0.05) is 5.56 Å². The van der Waals surface area contributed by atoms with Gasteiger partial charge in [0.2, 0.25) is 0 Å². The first-order valence-corrected chi connectivity index (χ1v) is 3.57. The SMILES string of the molecule is [C-]#[N+]CC(F)(F)c1cccc(O)c1. The Morgan fingerprint density at radius 2 is 2.15 bits per heavy atom. The van der Waals surface area contributed by atoms with E-state index in [0.29, 0.717) is 0 Å². The lowest BCUT2D eigenvalue weighted by molar-refractivity contribution is 0.0139. The molecule has 0 spiro atoms. The van der Waals surface area contributed by atoms with Gasteiger partial charge in [0.15, 0.2) is 0 Å². The standard InChI is InChI=1S/C9H7F2NO/c1-12-6-9(10,11)7-3-2-4-8(13)5-7/h2-5,13H,6H2. The van der Waals surface area contributed by atoms with Gasteiger partial charge in [0.1, 0.15) is 5.75 Å². The van der Waals surface area contributed by atoms with Crippen LogP contribution in [0.25, 0.3) is 4.85 Å². The number of rotatable bonds is 2. The molecule has 13 heavy (non-hydrogen) atoms.